The first-order valence-corrected chi connectivity index (χ1v) is 9.59. The predicted octanol–water partition coefficient (Wildman–Crippen LogP) is 4.21. The van der Waals surface area contributed by atoms with Crippen molar-refractivity contribution in [2.24, 2.45) is 0 Å². The van der Waals surface area contributed by atoms with Crippen LogP contribution in [0.5, 0.6) is 11.5 Å². The summed E-state index contributed by atoms with van der Waals surface area (Å²) in [6.45, 7) is 0.414. The molecule has 0 aliphatic carbocycles. The van der Waals surface area contributed by atoms with Crippen molar-refractivity contribution in [3.05, 3.63) is 84.2 Å². The molecule has 0 spiro atoms. The molecular formula is C20H18FNO4S. The highest BCUT2D eigenvalue weighted by Crippen LogP contribution is 2.24. The summed E-state index contributed by atoms with van der Waals surface area (Å²) in [6, 6.07) is 19.6. The molecule has 0 atom stereocenters. The monoisotopic (exact) mass is 387 g/mol. The van der Waals surface area contributed by atoms with Crippen LogP contribution in [0.2, 0.25) is 0 Å². The van der Waals surface area contributed by atoms with Crippen LogP contribution < -0.4 is 14.2 Å². The van der Waals surface area contributed by atoms with E-state index in [0.717, 1.165) is 11.6 Å². The number of sulfonamides is 1. The summed E-state index contributed by atoms with van der Waals surface area (Å²) in [6.07, 6.45) is 0. The van der Waals surface area contributed by atoms with Crippen molar-refractivity contribution in [1.82, 2.24) is 0 Å². The van der Waals surface area contributed by atoms with Gasteiger partial charge in [0.15, 0.2) is 11.6 Å². The average Bonchev–Trinajstić information content (AvgIpc) is 2.68. The van der Waals surface area contributed by atoms with Gasteiger partial charge in [-0.3, -0.25) is 4.72 Å². The fraction of sp³-hybridized carbons (Fsp3) is 0.100. The van der Waals surface area contributed by atoms with Gasteiger partial charge in [-0.1, -0.05) is 30.3 Å². The predicted molar refractivity (Wildman–Crippen MR) is 101 cm³/mol. The third kappa shape index (κ3) is 4.77. The summed E-state index contributed by atoms with van der Waals surface area (Å²) in [4.78, 5) is -0.190. The van der Waals surface area contributed by atoms with Crippen molar-refractivity contribution in [1.29, 1.82) is 0 Å². The molecule has 140 valence electrons. The molecule has 0 bridgehead atoms. The number of hydrogen-bond acceptors (Lipinski definition) is 4. The van der Waals surface area contributed by atoms with Gasteiger partial charge in [0.05, 0.1) is 12.0 Å². The van der Waals surface area contributed by atoms with Crippen molar-refractivity contribution < 1.29 is 22.3 Å². The van der Waals surface area contributed by atoms with Crippen LogP contribution in [0.4, 0.5) is 10.1 Å². The minimum absolute atomic E-state index is 0.0196. The Bertz CT molecular complexity index is 1010. The molecule has 0 saturated carbocycles. The molecular weight excluding hydrogens is 369 g/mol. The molecule has 0 aliphatic rings. The first kappa shape index (κ1) is 18.7. The number of halogens is 1. The zero-order valence-electron chi connectivity index (χ0n) is 14.6. The van der Waals surface area contributed by atoms with E-state index < -0.39 is 15.8 Å². The Labute approximate surface area is 157 Å². The van der Waals surface area contributed by atoms with E-state index in [9.17, 15) is 12.8 Å². The maximum Gasteiger partial charge on any atom is 0.262 e. The van der Waals surface area contributed by atoms with Gasteiger partial charge in [-0.2, -0.15) is 0 Å². The molecule has 0 aromatic heterocycles. The van der Waals surface area contributed by atoms with Gasteiger partial charge in [0.2, 0.25) is 0 Å². The van der Waals surface area contributed by atoms with Crippen LogP contribution in [0.25, 0.3) is 0 Å². The minimum Gasteiger partial charge on any atom is -0.494 e. The van der Waals surface area contributed by atoms with E-state index in [1.165, 1.54) is 19.2 Å². The van der Waals surface area contributed by atoms with Crippen molar-refractivity contribution >= 4 is 15.7 Å². The lowest BCUT2D eigenvalue weighted by molar-refractivity contribution is 0.306. The van der Waals surface area contributed by atoms with Gasteiger partial charge in [-0.05, 0) is 48.0 Å². The van der Waals surface area contributed by atoms with E-state index in [2.05, 4.69) is 4.72 Å². The molecule has 1 N–H and O–H groups in total. The molecule has 3 rings (SSSR count). The fourth-order valence-corrected chi connectivity index (χ4v) is 3.46. The van der Waals surface area contributed by atoms with Crippen molar-refractivity contribution in [3.63, 3.8) is 0 Å². The average molecular weight is 387 g/mol. The van der Waals surface area contributed by atoms with Gasteiger partial charge >= 0.3 is 0 Å². The maximum atomic E-state index is 13.8. The highest BCUT2D eigenvalue weighted by Gasteiger charge is 2.17. The second-order valence-corrected chi connectivity index (χ2v) is 7.38. The number of methoxy groups -OCH3 is 1. The van der Waals surface area contributed by atoms with Gasteiger partial charge in [0.1, 0.15) is 12.4 Å². The highest BCUT2D eigenvalue weighted by molar-refractivity contribution is 7.92. The van der Waals surface area contributed by atoms with Crippen LogP contribution in [-0.4, -0.2) is 15.5 Å². The Balaban J connectivity index is 1.67. The van der Waals surface area contributed by atoms with Gasteiger partial charge in [0.25, 0.3) is 10.0 Å². The molecule has 3 aromatic rings. The molecule has 3 aromatic carbocycles. The fourth-order valence-electron chi connectivity index (χ4n) is 2.39. The summed E-state index contributed by atoms with van der Waals surface area (Å²) >= 11 is 0. The first-order chi connectivity index (χ1) is 13.0. The van der Waals surface area contributed by atoms with Gasteiger partial charge in [-0.15, -0.1) is 0 Å². The Morgan fingerprint density at radius 2 is 1.67 bits per heavy atom. The topological polar surface area (TPSA) is 64.6 Å². The number of hydrogen-bond donors (Lipinski definition) is 1. The molecule has 0 amide bonds. The Kier molecular flexibility index (Phi) is 5.61. The lowest BCUT2D eigenvalue weighted by Gasteiger charge is -2.11. The highest BCUT2D eigenvalue weighted by atomic mass is 32.2. The second kappa shape index (κ2) is 8.09. The van der Waals surface area contributed by atoms with E-state index in [1.807, 2.05) is 30.3 Å². The summed E-state index contributed by atoms with van der Waals surface area (Å²) in [5.41, 5.74) is 1.38. The van der Waals surface area contributed by atoms with Crippen molar-refractivity contribution in [2.75, 3.05) is 11.8 Å². The summed E-state index contributed by atoms with van der Waals surface area (Å²) in [5.74, 6) is -0.156. The van der Waals surface area contributed by atoms with E-state index in [0.29, 0.717) is 18.0 Å². The van der Waals surface area contributed by atoms with Gasteiger partial charge < -0.3 is 9.47 Å². The normalized spacial score (nSPS) is 11.0. The third-order valence-corrected chi connectivity index (χ3v) is 5.17. The summed E-state index contributed by atoms with van der Waals surface area (Å²) < 4.78 is 51.4. The molecule has 0 unspecified atom stereocenters. The largest absolute Gasteiger partial charge is 0.494 e. The van der Waals surface area contributed by atoms with Crippen LogP contribution in [0, 0.1) is 5.82 Å². The third-order valence-electron chi connectivity index (χ3n) is 3.79. The van der Waals surface area contributed by atoms with E-state index in [-0.39, 0.29) is 10.6 Å². The minimum atomic E-state index is -3.92. The zero-order valence-corrected chi connectivity index (χ0v) is 15.4. The standard InChI is InChI=1S/C20H18FNO4S/c1-25-20-12-11-18(13-19(20)21)27(23,24)22-16-7-9-17(10-8-16)26-14-15-5-3-2-4-6-15/h2-13,22H,14H2,1H3. The Morgan fingerprint density at radius 3 is 2.30 bits per heavy atom. The summed E-state index contributed by atoms with van der Waals surface area (Å²) in [7, 11) is -2.60. The molecule has 5 nitrogen and oxygen atoms in total. The molecule has 0 radical (unpaired) electrons. The molecule has 0 fully saturated rings. The van der Waals surface area contributed by atoms with Crippen molar-refractivity contribution in [3.8, 4) is 11.5 Å². The van der Waals surface area contributed by atoms with Crippen LogP contribution >= 0.6 is 0 Å². The first-order valence-electron chi connectivity index (χ1n) is 8.11. The number of nitrogens with one attached hydrogen (secondary N) is 1. The van der Waals surface area contributed by atoms with E-state index in [4.69, 9.17) is 9.47 Å². The number of anilines is 1. The van der Waals surface area contributed by atoms with Crippen LogP contribution in [0.1, 0.15) is 5.56 Å². The maximum absolute atomic E-state index is 13.8. The number of ether oxygens (including phenoxy) is 2. The van der Waals surface area contributed by atoms with E-state index >= 15 is 0 Å². The molecule has 27 heavy (non-hydrogen) atoms. The lowest BCUT2D eigenvalue weighted by atomic mass is 10.2. The Hall–Kier alpha value is -3.06. The lowest BCUT2D eigenvalue weighted by Crippen LogP contribution is -2.13. The van der Waals surface area contributed by atoms with Gasteiger partial charge in [-0.25, -0.2) is 12.8 Å². The number of benzene rings is 3. The van der Waals surface area contributed by atoms with Crippen molar-refractivity contribution in [2.45, 2.75) is 11.5 Å². The molecule has 0 heterocycles. The second-order valence-electron chi connectivity index (χ2n) is 5.70. The van der Waals surface area contributed by atoms with Crippen LogP contribution in [-0.2, 0) is 16.6 Å². The molecule has 7 heteroatoms. The van der Waals surface area contributed by atoms with Crippen LogP contribution in [0.15, 0.2) is 77.7 Å². The zero-order chi connectivity index (χ0) is 19.3. The SMILES string of the molecule is COc1ccc(S(=O)(=O)Nc2ccc(OCc3ccccc3)cc2)cc1F. The Morgan fingerprint density at radius 1 is 0.963 bits per heavy atom. The summed E-state index contributed by atoms with van der Waals surface area (Å²) in [5, 5.41) is 0. The quantitative estimate of drug-likeness (QED) is 0.659. The van der Waals surface area contributed by atoms with Crippen LogP contribution in [0.3, 0.4) is 0 Å². The number of rotatable bonds is 7. The van der Waals surface area contributed by atoms with E-state index in [1.54, 1.807) is 24.3 Å². The molecule has 0 aliphatic heterocycles. The van der Waals surface area contributed by atoms with Gasteiger partial charge in [0, 0.05) is 5.69 Å². The smallest absolute Gasteiger partial charge is 0.262 e. The molecule has 0 saturated heterocycles.